The molecule has 0 aromatic heterocycles. The Morgan fingerprint density at radius 1 is 1.33 bits per heavy atom. The molecule has 18 heavy (non-hydrogen) atoms. The number of carbonyl (C=O) groups is 1. The van der Waals surface area contributed by atoms with Gasteiger partial charge >= 0.3 is 5.97 Å². The lowest BCUT2D eigenvalue weighted by atomic mass is 10.2. The maximum absolute atomic E-state index is 11.2. The second-order valence-corrected chi connectivity index (χ2v) is 4.49. The summed E-state index contributed by atoms with van der Waals surface area (Å²) < 4.78 is 16.2. The van der Waals surface area contributed by atoms with Crippen molar-refractivity contribution in [2.45, 2.75) is 6.92 Å². The number of halogens is 1. The molecule has 0 unspecified atom stereocenters. The fourth-order valence-electron chi connectivity index (χ4n) is 1.39. The highest BCUT2D eigenvalue weighted by atomic mass is 127. The SMILES string of the molecule is CCOC(=O)C=Cc1cc(I)c(OC)c(OC)c1. The molecule has 0 heterocycles. The Morgan fingerprint density at radius 3 is 2.61 bits per heavy atom. The third-order valence-electron chi connectivity index (χ3n) is 2.15. The first-order valence-corrected chi connectivity index (χ1v) is 6.46. The van der Waals surface area contributed by atoms with E-state index in [9.17, 15) is 4.79 Å². The van der Waals surface area contributed by atoms with Gasteiger partial charge in [-0.15, -0.1) is 0 Å². The summed E-state index contributed by atoms with van der Waals surface area (Å²) in [5.41, 5.74) is 0.852. The van der Waals surface area contributed by atoms with Gasteiger partial charge in [-0.25, -0.2) is 4.79 Å². The third-order valence-corrected chi connectivity index (χ3v) is 2.96. The second kappa shape index (κ2) is 7.25. The predicted molar refractivity (Wildman–Crippen MR) is 77.9 cm³/mol. The summed E-state index contributed by atoms with van der Waals surface area (Å²) in [7, 11) is 3.17. The predicted octanol–water partition coefficient (Wildman–Crippen LogP) is 2.88. The summed E-state index contributed by atoms with van der Waals surface area (Å²) in [5, 5.41) is 0. The number of hydrogen-bond donors (Lipinski definition) is 0. The van der Waals surface area contributed by atoms with Crippen LogP contribution in [0.4, 0.5) is 0 Å². The van der Waals surface area contributed by atoms with Gasteiger partial charge in [-0.3, -0.25) is 0 Å². The average molecular weight is 362 g/mol. The topological polar surface area (TPSA) is 44.8 Å². The van der Waals surface area contributed by atoms with Crippen LogP contribution < -0.4 is 9.47 Å². The molecule has 0 amide bonds. The van der Waals surface area contributed by atoms with E-state index in [2.05, 4.69) is 22.6 Å². The number of carbonyl (C=O) groups excluding carboxylic acids is 1. The summed E-state index contributed by atoms with van der Waals surface area (Å²) in [6, 6.07) is 3.70. The second-order valence-electron chi connectivity index (χ2n) is 3.32. The van der Waals surface area contributed by atoms with Gasteiger partial charge in [0.05, 0.1) is 24.4 Å². The van der Waals surface area contributed by atoms with E-state index in [0.717, 1.165) is 9.13 Å². The van der Waals surface area contributed by atoms with Crippen LogP contribution in [0.25, 0.3) is 6.08 Å². The van der Waals surface area contributed by atoms with Gasteiger partial charge in [-0.2, -0.15) is 0 Å². The van der Waals surface area contributed by atoms with E-state index in [1.54, 1.807) is 33.3 Å². The Bertz CT molecular complexity index is 455. The molecular weight excluding hydrogens is 347 g/mol. The van der Waals surface area contributed by atoms with Crippen molar-refractivity contribution in [3.8, 4) is 11.5 Å². The molecule has 1 rings (SSSR count). The summed E-state index contributed by atoms with van der Waals surface area (Å²) in [6.45, 7) is 2.14. The van der Waals surface area contributed by atoms with Crippen LogP contribution in [0.3, 0.4) is 0 Å². The Labute approximate surface area is 120 Å². The molecule has 0 spiro atoms. The zero-order valence-electron chi connectivity index (χ0n) is 10.5. The number of esters is 1. The van der Waals surface area contributed by atoms with Crippen LogP contribution in [0.5, 0.6) is 11.5 Å². The van der Waals surface area contributed by atoms with Crippen LogP contribution in [0, 0.1) is 3.57 Å². The molecule has 0 radical (unpaired) electrons. The van der Waals surface area contributed by atoms with Crippen molar-refractivity contribution in [1.29, 1.82) is 0 Å². The van der Waals surface area contributed by atoms with E-state index in [-0.39, 0.29) is 5.97 Å². The van der Waals surface area contributed by atoms with E-state index in [1.165, 1.54) is 6.08 Å². The summed E-state index contributed by atoms with van der Waals surface area (Å²) in [4.78, 5) is 11.2. The van der Waals surface area contributed by atoms with Crippen LogP contribution in [0.15, 0.2) is 18.2 Å². The summed E-state index contributed by atoms with van der Waals surface area (Å²) in [6.07, 6.45) is 3.07. The quantitative estimate of drug-likeness (QED) is 0.459. The van der Waals surface area contributed by atoms with Gasteiger partial charge in [-0.1, -0.05) is 0 Å². The molecule has 0 aliphatic heterocycles. The fourth-order valence-corrected chi connectivity index (χ4v) is 2.23. The molecule has 0 atom stereocenters. The van der Waals surface area contributed by atoms with Gasteiger partial charge in [0.2, 0.25) is 0 Å². The zero-order chi connectivity index (χ0) is 13.5. The zero-order valence-corrected chi connectivity index (χ0v) is 12.7. The summed E-state index contributed by atoms with van der Waals surface area (Å²) in [5.74, 6) is 0.960. The summed E-state index contributed by atoms with van der Waals surface area (Å²) >= 11 is 2.15. The molecule has 1 aromatic rings. The van der Waals surface area contributed by atoms with E-state index in [4.69, 9.17) is 14.2 Å². The van der Waals surface area contributed by atoms with E-state index in [1.807, 2.05) is 6.07 Å². The first-order chi connectivity index (χ1) is 8.62. The number of hydrogen-bond acceptors (Lipinski definition) is 4. The minimum atomic E-state index is -0.359. The minimum absolute atomic E-state index is 0.359. The number of methoxy groups -OCH3 is 2. The molecule has 5 heteroatoms. The number of ether oxygens (including phenoxy) is 3. The van der Waals surface area contributed by atoms with Crippen LogP contribution >= 0.6 is 22.6 Å². The standard InChI is InChI=1S/C13H15IO4/c1-4-18-12(15)6-5-9-7-10(14)13(17-3)11(8-9)16-2/h5-8H,4H2,1-3H3. The van der Waals surface area contributed by atoms with Crippen molar-refractivity contribution >= 4 is 34.6 Å². The maximum atomic E-state index is 11.2. The molecule has 0 aliphatic rings. The third kappa shape index (κ3) is 3.90. The largest absolute Gasteiger partial charge is 0.493 e. The van der Waals surface area contributed by atoms with Crippen molar-refractivity contribution in [2.75, 3.05) is 20.8 Å². The van der Waals surface area contributed by atoms with Crippen molar-refractivity contribution in [3.63, 3.8) is 0 Å². The fraction of sp³-hybridized carbons (Fsp3) is 0.308. The number of benzene rings is 1. The molecular formula is C13H15IO4. The lowest BCUT2D eigenvalue weighted by molar-refractivity contribution is -0.137. The first kappa shape index (κ1) is 14.8. The van der Waals surface area contributed by atoms with Gasteiger partial charge in [0, 0.05) is 6.08 Å². The smallest absolute Gasteiger partial charge is 0.330 e. The normalized spacial score (nSPS) is 10.4. The highest BCUT2D eigenvalue weighted by Gasteiger charge is 2.09. The molecule has 0 aliphatic carbocycles. The van der Waals surface area contributed by atoms with Crippen LogP contribution in [0.2, 0.25) is 0 Å². The lowest BCUT2D eigenvalue weighted by Crippen LogP contribution is -1.99. The molecule has 0 saturated carbocycles. The van der Waals surface area contributed by atoms with Crippen molar-refractivity contribution in [2.24, 2.45) is 0 Å². The molecule has 0 saturated heterocycles. The molecule has 4 nitrogen and oxygen atoms in total. The number of rotatable bonds is 5. The highest BCUT2D eigenvalue weighted by Crippen LogP contribution is 2.33. The van der Waals surface area contributed by atoms with E-state index < -0.39 is 0 Å². The van der Waals surface area contributed by atoms with Gasteiger partial charge in [0.1, 0.15) is 0 Å². The Hall–Kier alpha value is -1.24. The van der Waals surface area contributed by atoms with Crippen molar-refractivity contribution in [3.05, 3.63) is 27.3 Å². The minimum Gasteiger partial charge on any atom is -0.493 e. The Balaban J connectivity index is 2.98. The molecule has 1 aromatic carbocycles. The van der Waals surface area contributed by atoms with Gasteiger partial charge < -0.3 is 14.2 Å². The average Bonchev–Trinajstić information content (AvgIpc) is 2.36. The Kier molecular flexibility index (Phi) is 5.97. The van der Waals surface area contributed by atoms with Gasteiger partial charge in [0.15, 0.2) is 11.5 Å². The van der Waals surface area contributed by atoms with Gasteiger partial charge in [0.25, 0.3) is 0 Å². The molecule has 0 bridgehead atoms. The van der Waals surface area contributed by atoms with Crippen LogP contribution in [-0.2, 0) is 9.53 Å². The monoisotopic (exact) mass is 362 g/mol. The van der Waals surface area contributed by atoms with Gasteiger partial charge in [-0.05, 0) is 53.3 Å². The van der Waals surface area contributed by atoms with Crippen LogP contribution in [-0.4, -0.2) is 26.8 Å². The van der Waals surface area contributed by atoms with Crippen LogP contribution in [0.1, 0.15) is 12.5 Å². The van der Waals surface area contributed by atoms with E-state index in [0.29, 0.717) is 18.1 Å². The molecule has 98 valence electrons. The first-order valence-electron chi connectivity index (χ1n) is 5.38. The van der Waals surface area contributed by atoms with Crippen molar-refractivity contribution in [1.82, 2.24) is 0 Å². The maximum Gasteiger partial charge on any atom is 0.330 e. The lowest BCUT2D eigenvalue weighted by Gasteiger charge is -2.10. The van der Waals surface area contributed by atoms with Crippen molar-refractivity contribution < 1.29 is 19.0 Å². The molecule has 0 fully saturated rings. The molecule has 0 N–H and O–H groups in total. The highest BCUT2D eigenvalue weighted by molar-refractivity contribution is 14.1. The Morgan fingerprint density at radius 2 is 2.06 bits per heavy atom. The van der Waals surface area contributed by atoms with E-state index >= 15 is 0 Å².